The molecule has 0 spiro atoms. The molecule has 0 unspecified atom stereocenters. The van der Waals surface area contributed by atoms with Crippen molar-refractivity contribution in [2.45, 2.75) is 19.8 Å². The predicted molar refractivity (Wildman–Crippen MR) is 69.1 cm³/mol. The van der Waals surface area contributed by atoms with Gasteiger partial charge < -0.3 is 10.4 Å². The summed E-state index contributed by atoms with van der Waals surface area (Å²) >= 11 is 1.73. The molecule has 1 aromatic rings. The summed E-state index contributed by atoms with van der Waals surface area (Å²) in [7, 11) is 0. The summed E-state index contributed by atoms with van der Waals surface area (Å²) in [5.74, 6) is 1.05. The van der Waals surface area contributed by atoms with Crippen molar-refractivity contribution in [3.63, 3.8) is 0 Å². The minimum Gasteiger partial charge on any atom is -0.506 e. The molecule has 0 saturated heterocycles. The fourth-order valence-corrected chi connectivity index (χ4v) is 1.77. The van der Waals surface area contributed by atoms with Gasteiger partial charge in [0.25, 0.3) is 0 Å². The maximum absolute atomic E-state index is 11.5. The second-order valence-electron chi connectivity index (χ2n) is 3.67. The van der Waals surface area contributed by atoms with Gasteiger partial charge in [0.2, 0.25) is 5.91 Å². The van der Waals surface area contributed by atoms with Crippen molar-refractivity contribution in [1.29, 1.82) is 0 Å². The number of amides is 1. The fraction of sp³-hybridized carbons (Fsp3) is 0.417. The zero-order chi connectivity index (χ0) is 12.0. The lowest BCUT2D eigenvalue weighted by Crippen LogP contribution is -2.11. The number of hydrogen-bond donors (Lipinski definition) is 2. The molecule has 0 aliphatic carbocycles. The van der Waals surface area contributed by atoms with Gasteiger partial charge in [-0.05, 0) is 43.0 Å². The molecule has 1 amide bonds. The van der Waals surface area contributed by atoms with Gasteiger partial charge in [-0.1, -0.05) is 6.07 Å². The lowest BCUT2D eigenvalue weighted by Gasteiger charge is -2.07. The van der Waals surface area contributed by atoms with Crippen molar-refractivity contribution in [1.82, 2.24) is 0 Å². The fourth-order valence-electron chi connectivity index (χ4n) is 1.34. The molecular formula is C12H17NO2S. The molecule has 1 rings (SSSR count). The summed E-state index contributed by atoms with van der Waals surface area (Å²) in [5, 5.41) is 12.2. The lowest BCUT2D eigenvalue weighted by atomic mass is 10.2. The number of aryl methyl sites for hydroxylation is 1. The van der Waals surface area contributed by atoms with Crippen LogP contribution in [0.2, 0.25) is 0 Å². The number of carbonyl (C=O) groups excluding carboxylic acids is 1. The average Bonchev–Trinajstić information content (AvgIpc) is 2.24. The third-order valence-corrected chi connectivity index (χ3v) is 2.88. The highest BCUT2D eigenvalue weighted by Crippen LogP contribution is 2.23. The highest BCUT2D eigenvalue weighted by atomic mass is 32.2. The van der Waals surface area contributed by atoms with Gasteiger partial charge >= 0.3 is 0 Å². The van der Waals surface area contributed by atoms with E-state index in [9.17, 15) is 9.90 Å². The van der Waals surface area contributed by atoms with E-state index in [0.717, 1.165) is 17.7 Å². The highest BCUT2D eigenvalue weighted by molar-refractivity contribution is 7.98. The van der Waals surface area contributed by atoms with E-state index < -0.39 is 0 Å². The summed E-state index contributed by atoms with van der Waals surface area (Å²) in [6, 6.07) is 5.16. The Bertz CT molecular complexity index is 366. The van der Waals surface area contributed by atoms with Crippen LogP contribution in [0.4, 0.5) is 5.69 Å². The van der Waals surface area contributed by atoms with E-state index in [4.69, 9.17) is 0 Å². The van der Waals surface area contributed by atoms with Gasteiger partial charge in [0, 0.05) is 6.42 Å². The Morgan fingerprint density at radius 2 is 2.25 bits per heavy atom. The first kappa shape index (κ1) is 12.9. The first-order valence-corrected chi connectivity index (χ1v) is 6.61. The van der Waals surface area contributed by atoms with Crippen molar-refractivity contribution < 1.29 is 9.90 Å². The van der Waals surface area contributed by atoms with Crippen LogP contribution in [0.15, 0.2) is 18.2 Å². The molecule has 0 atom stereocenters. The van der Waals surface area contributed by atoms with Crippen LogP contribution < -0.4 is 5.32 Å². The van der Waals surface area contributed by atoms with Gasteiger partial charge in [0.1, 0.15) is 5.75 Å². The van der Waals surface area contributed by atoms with Crippen LogP contribution in [0.5, 0.6) is 5.75 Å². The number of hydrogen-bond acceptors (Lipinski definition) is 3. The second-order valence-corrected chi connectivity index (χ2v) is 4.65. The number of phenolic OH excluding ortho intramolecular Hbond substituents is 1. The SMILES string of the molecule is CSCCCC(=O)Nc1cc(C)ccc1O. The third kappa shape index (κ3) is 4.14. The van der Waals surface area contributed by atoms with Crippen molar-refractivity contribution in [3.8, 4) is 5.75 Å². The monoisotopic (exact) mass is 239 g/mol. The molecule has 0 aromatic heterocycles. The number of carbonyl (C=O) groups is 1. The Balaban J connectivity index is 2.52. The van der Waals surface area contributed by atoms with E-state index in [1.54, 1.807) is 30.0 Å². The van der Waals surface area contributed by atoms with E-state index >= 15 is 0 Å². The van der Waals surface area contributed by atoms with Crippen LogP contribution in [-0.4, -0.2) is 23.0 Å². The molecule has 4 heteroatoms. The van der Waals surface area contributed by atoms with Gasteiger partial charge in [-0.15, -0.1) is 0 Å². The van der Waals surface area contributed by atoms with Crippen molar-refractivity contribution >= 4 is 23.4 Å². The second kappa shape index (κ2) is 6.43. The molecular weight excluding hydrogens is 222 g/mol. The molecule has 0 aliphatic heterocycles. The van der Waals surface area contributed by atoms with Crippen molar-refractivity contribution in [3.05, 3.63) is 23.8 Å². The van der Waals surface area contributed by atoms with Crippen LogP contribution in [0.1, 0.15) is 18.4 Å². The first-order chi connectivity index (χ1) is 7.63. The highest BCUT2D eigenvalue weighted by Gasteiger charge is 2.05. The van der Waals surface area contributed by atoms with Crippen LogP contribution in [-0.2, 0) is 4.79 Å². The largest absolute Gasteiger partial charge is 0.506 e. The molecule has 3 nitrogen and oxygen atoms in total. The van der Waals surface area contributed by atoms with E-state index in [-0.39, 0.29) is 11.7 Å². The van der Waals surface area contributed by atoms with Crippen molar-refractivity contribution in [2.24, 2.45) is 0 Å². The maximum atomic E-state index is 11.5. The van der Waals surface area contributed by atoms with E-state index in [1.165, 1.54) is 0 Å². The summed E-state index contributed by atoms with van der Waals surface area (Å²) in [6.45, 7) is 1.92. The smallest absolute Gasteiger partial charge is 0.224 e. The molecule has 0 radical (unpaired) electrons. The number of anilines is 1. The van der Waals surface area contributed by atoms with Crippen LogP contribution in [0.25, 0.3) is 0 Å². The van der Waals surface area contributed by atoms with Gasteiger partial charge in [-0.3, -0.25) is 4.79 Å². The molecule has 0 heterocycles. The van der Waals surface area contributed by atoms with Gasteiger partial charge in [-0.25, -0.2) is 0 Å². The number of rotatable bonds is 5. The van der Waals surface area contributed by atoms with Crippen LogP contribution in [0.3, 0.4) is 0 Å². The number of thioether (sulfide) groups is 1. The summed E-state index contributed by atoms with van der Waals surface area (Å²) < 4.78 is 0. The summed E-state index contributed by atoms with van der Waals surface area (Å²) in [6.07, 6.45) is 3.37. The summed E-state index contributed by atoms with van der Waals surface area (Å²) in [4.78, 5) is 11.5. The average molecular weight is 239 g/mol. The molecule has 0 bridgehead atoms. The molecule has 0 aliphatic rings. The van der Waals surface area contributed by atoms with Crippen LogP contribution >= 0.6 is 11.8 Å². The summed E-state index contributed by atoms with van der Waals surface area (Å²) in [5.41, 5.74) is 1.51. The molecule has 0 fully saturated rings. The Morgan fingerprint density at radius 1 is 1.50 bits per heavy atom. The third-order valence-electron chi connectivity index (χ3n) is 2.18. The van der Waals surface area contributed by atoms with E-state index in [1.807, 2.05) is 13.2 Å². The normalized spacial score (nSPS) is 10.1. The van der Waals surface area contributed by atoms with Crippen molar-refractivity contribution in [2.75, 3.05) is 17.3 Å². The minimum atomic E-state index is -0.0463. The van der Waals surface area contributed by atoms with Crippen LogP contribution in [0, 0.1) is 6.92 Å². The Kier molecular flexibility index (Phi) is 5.19. The zero-order valence-corrected chi connectivity index (χ0v) is 10.4. The molecule has 1 aromatic carbocycles. The maximum Gasteiger partial charge on any atom is 0.224 e. The minimum absolute atomic E-state index is 0.0463. The zero-order valence-electron chi connectivity index (χ0n) is 9.62. The quantitative estimate of drug-likeness (QED) is 0.613. The van der Waals surface area contributed by atoms with Gasteiger partial charge in [0.15, 0.2) is 0 Å². The van der Waals surface area contributed by atoms with Gasteiger partial charge in [-0.2, -0.15) is 11.8 Å². The molecule has 16 heavy (non-hydrogen) atoms. The Morgan fingerprint density at radius 3 is 2.94 bits per heavy atom. The topological polar surface area (TPSA) is 49.3 Å². The number of benzene rings is 1. The molecule has 2 N–H and O–H groups in total. The Hall–Kier alpha value is -1.16. The number of aromatic hydroxyl groups is 1. The van der Waals surface area contributed by atoms with Gasteiger partial charge in [0.05, 0.1) is 5.69 Å². The lowest BCUT2D eigenvalue weighted by molar-refractivity contribution is -0.116. The number of phenols is 1. The number of nitrogens with one attached hydrogen (secondary N) is 1. The molecule has 88 valence electrons. The first-order valence-electron chi connectivity index (χ1n) is 5.22. The van der Waals surface area contributed by atoms with E-state index in [2.05, 4.69) is 5.32 Å². The van der Waals surface area contributed by atoms with E-state index in [0.29, 0.717) is 12.1 Å². The Labute approximate surface area is 100 Å². The standard InChI is InChI=1S/C12H17NO2S/c1-9-5-6-11(14)10(8-9)13-12(15)4-3-7-16-2/h5-6,8,14H,3-4,7H2,1-2H3,(H,13,15). The predicted octanol–water partition coefficient (Wildman–Crippen LogP) is 2.78. The molecule has 0 saturated carbocycles.